The third-order valence-electron chi connectivity index (χ3n) is 5.90. The average Bonchev–Trinajstić information content (AvgIpc) is 2.92. The fourth-order valence-corrected chi connectivity index (χ4v) is 3.91. The molecule has 37 heavy (non-hydrogen) atoms. The third-order valence-corrected chi connectivity index (χ3v) is 5.90. The Morgan fingerprint density at radius 3 is 2.11 bits per heavy atom. The van der Waals surface area contributed by atoms with Crippen LogP contribution in [0.15, 0.2) is 94.5 Å². The Balaban J connectivity index is 1.67. The standard InChI is InChI=1S/C30H28N4O3/c1-2-3-20-33(26-27(31)34(30(37)32-28(26)35)21-24-12-8-5-9-13-24)29(36)25-18-16-23(17-19-25)15-14-22-10-6-4-7-11-22/h4-13,16-19H,2-3,20-21,31H2,1H3,(H,32,35,37). The number of anilines is 2. The van der Waals surface area contributed by atoms with Gasteiger partial charge in [-0.2, -0.15) is 0 Å². The van der Waals surface area contributed by atoms with E-state index in [4.69, 9.17) is 5.73 Å². The number of nitrogens with zero attached hydrogens (tertiary/aromatic N) is 2. The van der Waals surface area contributed by atoms with Gasteiger partial charge in [-0.15, -0.1) is 0 Å². The highest BCUT2D eigenvalue weighted by Gasteiger charge is 2.25. The van der Waals surface area contributed by atoms with Gasteiger partial charge in [0.05, 0.1) is 6.54 Å². The van der Waals surface area contributed by atoms with Crippen LogP contribution in [0.1, 0.15) is 46.8 Å². The van der Waals surface area contributed by atoms with Gasteiger partial charge in [0.2, 0.25) is 0 Å². The normalized spacial score (nSPS) is 10.4. The molecule has 0 atom stereocenters. The molecule has 1 heterocycles. The quantitative estimate of drug-likeness (QED) is 0.381. The Morgan fingerprint density at radius 2 is 1.49 bits per heavy atom. The third kappa shape index (κ3) is 6.06. The first kappa shape index (κ1) is 25.3. The van der Waals surface area contributed by atoms with Gasteiger partial charge in [-0.3, -0.25) is 19.1 Å². The minimum absolute atomic E-state index is 0.0260. The molecule has 3 aromatic carbocycles. The Bertz CT molecular complexity index is 1540. The van der Waals surface area contributed by atoms with Crippen LogP contribution in [0.5, 0.6) is 0 Å². The van der Waals surface area contributed by atoms with Crippen molar-refractivity contribution in [3.05, 3.63) is 128 Å². The summed E-state index contributed by atoms with van der Waals surface area (Å²) in [6.45, 7) is 2.44. The summed E-state index contributed by atoms with van der Waals surface area (Å²) in [7, 11) is 0. The van der Waals surface area contributed by atoms with Crippen LogP contribution >= 0.6 is 0 Å². The van der Waals surface area contributed by atoms with Crippen molar-refractivity contribution in [3.8, 4) is 11.8 Å². The number of nitrogens with one attached hydrogen (secondary N) is 1. The van der Waals surface area contributed by atoms with Gasteiger partial charge in [-0.05, 0) is 48.4 Å². The minimum atomic E-state index is -0.693. The largest absolute Gasteiger partial charge is 0.383 e. The Hall–Kier alpha value is -4.83. The molecule has 1 amide bonds. The SMILES string of the molecule is CCCCN(C(=O)c1ccc(C#Cc2ccccc2)cc1)c1c(N)n(Cc2ccccc2)c(=O)[nH]c1=O. The summed E-state index contributed by atoms with van der Waals surface area (Å²) in [4.78, 5) is 42.8. The second-order valence-electron chi connectivity index (χ2n) is 8.57. The van der Waals surface area contributed by atoms with E-state index in [9.17, 15) is 14.4 Å². The molecule has 186 valence electrons. The first-order valence-electron chi connectivity index (χ1n) is 12.1. The second-order valence-corrected chi connectivity index (χ2v) is 8.57. The van der Waals surface area contributed by atoms with Crippen LogP contribution in [0.25, 0.3) is 0 Å². The van der Waals surface area contributed by atoms with Crippen molar-refractivity contribution in [1.29, 1.82) is 0 Å². The van der Waals surface area contributed by atoms with E-state index in [-0.39, 0.29) is 30.5 Å². The number of hydrogen-bond donors (Lipinski definition) is 2. The molecule has 0 spiro atoms. The number of nitrogens with two attached hydrogens (primary N) is 1. The molecule has 0 saturated carbocycles. The molecule has 0 saturated heterocycles. The number of unbranched alkanes of at least 4 members (excludes halogenated alkanes) is 1. The molecule has 0 aliphatic heterocycles. The zero-order chi connectivity index (χ0) is 26.2. The second kappa shape index (κ2) is 11.7. The van der Waals surface area contributed by atoms with Crippen LogP contribution < -0.4 is 21.9 Å². The van der Waals surface area contributed by atoms with Gasteiger partial charge >= 0.3 is 5.69 Å². The van der Waals surface area contributed by atoms with Gasteiger partial charge in [-0.25, -0.2) is 4.79 Å². The molecule has 0 fully saturated rings. The summed E-state index contributed by atoms with van der Waals surface area (Å²) in [5, 5.41) is 0. The molecule has 3 N–H and O–H groups in total. The first-order chi connectivity index (χ1) is 18.0. The smallest absolute Gasteiger partial charge is 0.330 e. The lowest BCUT2D eigenvalue weighted by Crippen LogP contribution is -2.41. The summed E-state index contributed by atoms with van der Waals surface area (Å²) >= 11 is 0. The van der Waals surface area contributed by atoms with E-state index in [1.807, 2.05) is 67.6 Å². The maximum Gasteiger partial charge on any atom is 0.330 e. The summed E-state index contributed by atoms with van der Waals surface area (Å²) < 4.78 is 1.28. The van der Waals surface area contributed by atoms with Crippen LogP contribution in [-0.2, 0) is 6.54 Å². The predicted octanol–water partition coefficient (Wildman–Crippen LogP) is 4.01. The number of nitrogen functional groups attached to an aromatic ring is 1. The van der Waals surface area contributed by atoms with Gasteiger partial charge < -0.3 is 10.6 Å². The molecular weight excluding hydrogens is 464 g/mol. The monoisotopic (exact) mass is 492 g/mol. The fourth-order valence-electron chi connectivity index (χ4n) is 3.91. The number of benzene rings is 3. The van der Waals surface area contributed by atoms with Crippen LogP contribution in [0.2, 0.25) is 0 Å². The van der Waals surface area contributed by atoms with Gasteiger partial charge in [0.25, 0.3) is 11.5 Å². The highest BCUT2D eigenvalue weighted by atomic mass is 16.2. The number of aromatic amines is 1. The predicted molar refractivity (Wildman–Crippen MR) is 147 cm³/mol. The lowest BCUT2D eigenvalue weighted by atomic mass is 10.1. The number of carbonyl (C=O) groups excluding carboxylic acids is 1. The molecule has 0 aliphatic carbocycles. The fraction of sp³-hybridized carbons (Fsp3) is 0.167. The number of amides is 1. The lowest BCUT2D eigenvalue weighted by Gasteiger charge is -2.24. The van der Waals surface area contributed by atoms with Crippen molar-refractivity contribution in [2.24, 2.45) is 0 Å². The van der Waals surface area contributed by atoms with E-state index < -0.39 is 11.2 Å². The molecule has 0 aliphatic rings. The molecule has 0 radical (unpaired) electrons. The van der Waals surface area contributed by atoms with E-state index in [2.05, 4.69) is 16.8 Å². The molecule has 0 bridgehead atoms. The molecule has 4 aromatic rings. The van der Waals surface area contributed by atoms with E-state index >= 15 is 0 Å². The number of carbonyl (C=O) groups is 1. The summed E-state index contributed by atoms with van der Waals surface area (Å²) in [6.07, 6.45) is 1.46. The number of H-pyrrole nitrogens is 1. The number of rotatable bonds is 7. The van der Waals surface area contributed by atoms with Gasteiger partial charge in [-0.1, -0.05) is 73.7 Å². The molecule has 1 aromatic heterocycles. The molecule has 0 unspecified atom stereocenters. The Kier molecular flexibility index (Phi) is 8.01. The lowest BCUT2D eigenvalue weighted by molar-refractivity contribution is 0.0986. The number of aromatic nitrogens is 2. The zero-order valence-electron chi connectivity index (χ0n) is 20.6. The summed E-state index contributed by atoms with van der Waals surface area (Å²) in [5.74, 6) is 5.76. The highest BCUT2D eigenvalue weighted by Crippen LogP contribution is 2.21. The summed E-state index contributed by atoms with van der Waals surface area (Å²) in [6, 6.07) is 25.8. The van der Waals surface area contributed by atoms with E-state index in [1.165, 1.54) is 9.47 Å². The summed E-state index contributed by atoms with van der Waals surface area (Å²) in [5.41, 5.74) is 7.91. The molecule has 4 rings (SSSR count). The Morgan fingerprint density at radius 1 is 0.892 bits per heavy atom. The van der Waals surface area contributed by atoms with Crippen LogP contribution in [0.3, 0.4) is 0 Å². The molecule has 7 nitrogen and oxygen atoms in total. The Labute approximate surface area is 215 Å². The van der Waals surface area contributed by atoms with Crippen molar-refractivity contribution in [2.45, 2.75) is 26.3 Å². The van der Waals surface area contributed by atoms with E-state index in [1.54, 1.807) is 24.3 Å². The van der Waals surface area contributed by atoms with Gasteiger partial charge in [0.1, 0.15) is 5.82 Å². The van der Waals surface area contributed by atoms with Crippen molar-refractivity contribution in [3.63, 3.8) is 0 Å². The first-order valence-corrected chi connectivity index (χ1v) is 12.1. The van der Waals surface area contributed by atoms with Crippen LogP contribution in [0.4, 0.5) is 11.5 Å². The maximum atomic E-state index is 13.6. The van der Waals surface area contributed by atoms with Crippen LogP contribution in [0, 0.1) is 11.8 Å². The zero-order valence-corrected chi connectivity index (χ0v) is 20.6. The topological polar surface area (TPSA) is 101 Å². The number of hydrogen-bond acceptors (Lipinski definition) is 4. The van der Waals surface area contributed by atoms with Crippen LogP contribution in [-0.4, -0.2) is 22.0 Å². The van der Waals surface area contributed by atoms with Gasteiger partial charge in [0, 0.05) is 23.2 Å². The van der Waals surface area contributed by atoms with E-state index in [0.717, 1.165) is 23.1 Å². The van der Waals surface area contributed by atoms with Crippen molar-refractivity contribution >= 4 is 17.4 Å². The maximum absolute atomic E-state index is 13.6. The van der Waals surface area contributed by atoms with Crippen molar-refractivity contribution in [2.75, 3.05) is 17.2 Å². The van der Waals surface area contributed by atoms with E-state index in [0.29, 0.717) is 12.0 Å². The molecular formula is C30H28N4O3. The van der Waals surface area contributed by atoms with Gasteiger partial charge in [0.15, 0.2) is 5.69 Å². The highest BCUT2D eigenvalue weighted by molar-refractivity contribution is 6.07. The van der Waals surface area contributed by atoms with Crippen molar-refractivity contribution < 1.29 is 4.79 Å². The minimum Gasteiger partial charge on any atom is -0.383 e. The van der Waals surface area contributed by atoms with Crippen molar-refractivity contribution in [1.82, 2.24) is 9.55 Å². The molecule has 7 heteroatoms. The average molecular weight is 493 g/mol.